The van der Waals surface area contributed by atoms with Crippen LogP contribution >= 0.6 is 15.9 Å². The summed E-state index contributed by atoms with van der Waals surface area (Å²) in [5.41, 5.74) is 8.98. The minimum atomic E-state index is -3.37. The zero-order valence-electron chi connectivity index (χ0n) is 13.6. The van der Waals surface area contributed by atoms with Gasteiger partial charge in [-0.1, -0.05) is 22.0 Å². The lowest BCUT2D eigenvalue weighted by atomic mass is 10.1. The summed E-state index contributed by atoms with van der Waals surface area (Å²) in [6, 6.07) is 12.4. The summed E-state index contributed by atoms with van der Waals surface area (Å²) >= 11 is 3.28. The van der Waals surface area contributed by atoms with Crippen molar-refractivity contribution in [2.45, 2.75) is 18.7 Å². The number of nitrogens with one attached hydrogen (secondary N) is 1. The molecule has 0 aliphatic carbocycles. The van der Waals surface area contributed by atoms with Crippen LogP contribution in [0.1, 0.15) is 11.1 Å². The fourth-order valence-electron chi connectivity index (χ4n) is 2.05. The average molecular weight is 410 g/mol. The molecule has 0 aliphatic heterocycles. The first-order valence-corrected chi connectivity index (χ1v) is 9.85. The van der Waals surface area contributed by atoms with Crippen LogP contribution in [0.2, 0.25) is 0 Å². The first-order valence-electron chi connectivity index (χ1n) is 7.40. The van der Waals surface area contributed by atoms with E-state index in [-0.39, 0.29) is 23.2 Å². The molecule has 5 nitrogen and oxygen atoms in total. The number of hydrogen-bond acceptors (Lipinski definition) is 3. The summed E-state index contributed by atoms with van der Waals surface area (Å²) in [5.74, 6) is 0.105. The summed E-state index contributed by atoms with van der Waals surface area (Å²) in [4.78, 5) is 4.37. The van der Waals surface area contributed by atoms with Crippen LogP contribution in [0.3, 0.4) is 0 Å². The van der Waals surface area contributed by atoms with Crippen molar-refractivity contribution < 1.29 is 8.42 Å². The van der Waals surface area contributed by atoms with E-state index in [0.29, 0.717) is 0 Å². The van der Waals surface area contributed by atoms with E-state index in [2.05, 4.69) is 26.2 Å². The average Bonchev–Trinajstić information content (AvgIpc) is 2.51. The Kier molecular flexibility index (Phi) is 6.01. The lowest BCUT2D eigenvalue weighted by Crippen LogP contribution is -2.24. The maximum Gasteiger partial charge on any atom is 0.193 e. The molecule has 3 N–H and O–H groups in total. The molecule has 7 heteroatoms. The largest absolute Gasteiger partial charge is 0.370 e. The van der Waals surface area contributed by atoms with Crippen molar-refractivity contribution in [3.05, 3.63) is 58.1 Å². The third kappa shape index (κ3) is 5.07. The van der Waals surface area contributed by atoms with E-state index in [1.54, 1.807) is 24.3 Å². The zero-order chi connectivity index (χ0) is 17.7. The van der Waals surface area contributed by atoms with Gasteiger partial charge in [-0.2, -0.15) is 0 Å². The van der Waals surface area contributed by atoms with Gasteiger partial charge in [-0.15, -0.1) is 0 Å². The van der Waals surface area contributed by atoms with Crippen LogP contribution in [0.15, 0.2) is 56.8 Å². The highest BCUT2D eigenvalue weighted by molar-refractivity contribution is 9.10. The number of rotatable bonds is 5. The number of benzene rings is 2. The van der Waals surface area contributed by atoms with E-state index in [1.807, 2.05) is 32.0 Å². The van der Waals surface area contributed by atoms with Crippen molar-refractivity contribution in [2.75, 3.05) is 17.6 Å². The van der Waals surface area contributed by atoms with Gasteiger partial charge in [0.1, 0.15) is 0 Å². The number of nitrogens with two attached hydrogens (primary N) is 1. The monoisotopic (exact) mass is 409 g/mol. The van der Waals surface area contributed by atoms with E-state index >= 15 is 0 Å². The molecule has 0 atom stereocenters. The van der Waals surface area contributed by atoms with Gasteiger partial charge in [0.25, 0.3) is 0 Å². The fraction of sp³-hybridized carbons (Fsp3) is 0.235. The number of sulfone groups is 1. The molecular weight excluding hydrogens is 390 g/mol. The maximum atomic E-state index is 12.2. The lowest BCUT2D eigenvalue weighted by Gasteiger charge is -2.08. The van der Waals surface area contributed by atoms with Crippen LogP contribution in [-0.2, 0) is 9.84 Å². The predicted octanol–water partition coefficient (Wildman–Crippen LogP) is 3.27. The van der Waals surface area contributed by atoms with Crippen LogP contribution in [0.4, 0.5) is 5.69 Å². The molecule has 0 aliphatic rings. The van der Waals surface area contributed by atoms with Crippen LogP contribution in [-0.4, -0.2) is 26.7 Å². The van der Waals surface area contributed by atoms with Crippen LogP contribution in [0, 0.1) is 13.8 Å². The highest BCUT2D eigenvalue weighted by Gasteiger charge is 2.13. The molecule has 2 aromatic carbocycles. The quantitative estimate of drug-likeness (QED) is 0.585. The Balaban J connectivity index is 1.97. The van der Waals surface area contributed by atoms with Gasteiger partial charge in [0.2, 0.25) is 0 Å². The summed E-state index contributed by atoms with van der Waals surface area (Å²) in [5, 5.41) is 2.97. The van der Waals surface area contributed by atoms with Crippen LogP contribution in [0.25, 0.3) is 0 Å². The Labute approximate surface area is 151 Å². The molecule has 24 heavy (non-hydrogen) atoms. The van der Waals surface area contributed by atoms with Gasteiger partial charge in [-0.25, -0.2) is 8.42 Å². The Morgan fingerprint density at radius 3 is 2.42 bits per heavy atom. The maximum absolute atomic E-state index is 12.2. The molecule has 2 aromatic rings. The molecule has 0 spiro atoms. The van der Waals surface area contributed by atoms with E-state index in [4.69, 9.17) is 5.73 Å². The van der Waals surface area contributed by atoms with Crippen molar-refractivity contribution in [3.8, 4) is 0 Å². The van der Waals surface area contributed by atoms with Gasteiger partial charge >= 0.3 is 0 Å². The summed E-state index contributed by atoms with van der Waals surface area (Å²) < 4.78 is 25.3. The van der Waals surface area contributed by atoms with Crippen molar-refractivity contribution in [1.82, 2.24) is 0 Å². The first kappa shape index (κ1) is 18.5. The fourth-order valence-corrected chi connectivity index (χ4v) is 3.44. The number of aryl methyl sites for hydroxylation is 2. The normalized spacial score (nSPS) is 12.2. The first-order chi connectivity index (χ1) is 11.3. The molecule has 2 rings (SSSR count). The van der Waals surface area contributed by atoms with E-state index < -0.39 is 9.84 Å². The van der Waals surface area contributed by atoms with Gasteiger partial charge < -0.3 is 11.1 Å². The van der Waals surface area contributed by atoms with Gasteiger partial charge in [0.15, 0.2) is 15.8 Å². The second kappa shape index (κ2) is 7.81. The van der Waals surface area contributed by atoms with Crippen molar-refractivity contribution >= 4 is 37.4 Å². The Morgan fingerprint density at radius 1 is 1.12 bits per heavy atom. The third-order valence-corrected chi connectivity index (χ3v) is 5.83. The van der Waals surface area contributed by atoms with Gasteiger partial charge in [0.05, 0.1) is 17.2 Å². The third-order valence-electron chi connectivity index (χ3n) is 3.59. The second-order valence-electron chi connectivity index (χ2n) is 5.46. The predicted molar refractivity (Wildman–Crippen MR) is 102 cm³/mol. The smallest absolute Gasteiger partial charge is 0.193 e. The number of nitrogens with zero attached hydrogens (tertiary/aromatic N) is 1. The lowest BCUT2D eigenvalue weighted by molar-refractivity contribution is 0.596. The summed E-state index contributed by atoms with van der Waals surface area (Å²) in [6.45, 7) is 4.14. The minimum Gasteiger partial charge on any atom is -0.370 e. The summed E-state index contributed by atoms with van der Waals surface area (Å²) in [6.07, 6.45) is 0. The van der Waals surface area contributed by atoms with Crippen molar-refractivity contribution in [3.63, 3.8) is 0 Å². The molecule has 0 saturated heterocycles. The standard InChI is InChI=1S/C17H20BrN3O2S/c1-12-3-6-15(11-13(12)2)21-17(19)20-9-10-24(22,23)16-7-4-14(18)5-8-16/h3-8,11H,9-10H2,1-2H3,(H3,19,20,21). The molecule has 128 valence electrons. The molecule has 0 unspecified atom stereocenters. The molecule has 0 radical (unpaired) electrons. The van der Waals surface area contributed by atoms with E-state index in [9.17, 15) is 8.42 Å². The van der Waals surface area contributed by atoms with E-state index in [0.717, 1.165) is 15.7 Å². The highest BCUT2D eigenvalue weighted by Crippen LogP contribution is 2.16. The SMILES string of the molecule is Cc1ccc(NC(N)=NCCS(=O)(=O)c2ccc(Br)cc2)cc1C. The molecule has 0 saturated carbocycles. The Morgan fingerprint density at radius 2 is 1.79 bits per heavy atom. The molecule has 0 heterocycles. The number of guanidine groups is 1. The number of anilines is 1. The summed E-state index contributed by atoms with van der Waals surface area (Å²) in [7, 11) is -3.37. The molecular formula is C17H20BrN3O2S. The Bertz CT molecular complexity index is 847. The number of aliphatic imine (C=N–C) groups is 1. The topological polar surface area (TPSA) is 84.5 Å². The highest BCUT2D eigenvalue weighted by atomic mass is 79.9. The molecule has 0 amide bonds. The van der Waals surface area contributed by atoms with Gasteiger partial charge in [0, 0.05) is 10.2 Å². The van der Waals surface area contributed by atoms with Gasteiger partial charge in [-0.3, -0.25) is 4.99 Å². The van der Waals surface area contributed by atoms with Crippen LogP contribution in [0.5, 0.6) is 0 Å². The van der Waals surface area contributed by atoms with Crippen molar-refractivity contribution in [2.24, 2.45) is 10.7 Å². The van der Waals surface area contributed by atoms with E-state index in [1.165, 1.54) is 5.56 Å². The molecule has 0 fully saturated rings. The molecule has 0 bridgehead atoms. The number of hydrogen-bond donors (Lipinski definition) is 2. The zero-order valence-corrected chi connectivity index (χ0v) is 16.0. The minimum absolute atomic E-state index is 0.0933. The van der Waals surface area contributed by atoms with Crippen molar-refractivity contribution in [1.29, 1.82) is 0 Å². The second-order valence-corrected chi connectivity index (χ2v) is 8.49. The number of halogens is 1. The van der Waals surface area contributed by atoms with Crippen LogP contribution < -0.4 is 11.1 Å². The Hall–Kier alpha value is -1.86. The van der Waals surface area contributed by atoms with Gasteiger partial charge in [-0.05, 0) is 61.4 Å². The molecule has 0 aromatic heterocycles.